The van der Waals surface area contributed by atoms with Crippen molar-refractivity contribution in [1.29, 1.82) is 5.26 Å². The second-order valence-corrected chi connectivity index (χ2v) is 5.45. The smallest absolute Gasteiger partial charge is 0.169 e. The Morgan fingerprint density at radius 2 is 2.09 bits per heavy atom. The number of rotatable bonds is 2. The van der Waals surface area contributed by atoms with Gasteiger partial charge < -0.3 is 0 Å². The van der Waals surface area contributed by atoms with E-state index in [1.807, 2.05) is 6.07 Å². The molecule has 0 saturated heterocycles. The van der Waals surface area contributed by atoms with Gasteiger partial charge >= 0.3 is 0 Å². The molecule has 1 aliphatic carbocycles. The fourth-order valence-corrected chi connectivity index (χ4v) is 2.87. The first kappa shape index (κ1) is 8.54. The highest BCUT2D eigenvalue weighted by Crippen LogP contribution is 2.38. The Balaban J connectivity index is 2.98. The third-order valence-corrected chi connectivity index (χ3v) is 4.79. The van der Waals surface area contributed by atoms with Crippen LogP contribution in [0.3, 0.4) is 0 Å². The molecule has 3 nitrogen and oxygen atoms in total. The van der Waals surface area contributed by atoms with Gasteiger partial charge in [-0.2, -0.15) is 5.26 Å². The minimum atomic E-state index is -3.13. The molecule has 0 bridgehead atoms. The van der Waals surface area contributed by atoms with Crippen molar-refractivity contribution < 1.29 is 8.42 Å². The van der Waals surface area contributed by atoms with E-state index in [4.69, 9.17) is 5.26 Å². The van der Waals surface area contributed by atoms with Gasteiger partial charge in [0.1, 0.15) is 0 Å². The summed E-state index contributed by atoms with van der Waals surface area (Å²) in [6.07, 6.45) is 1.92. The zero-order valence-electron chi connectivity index (χ0n) is 6.50. The van der Waals surface area contributed by atoms with E-state index in [9.17, 15) is 8.42 Å². The van der Waals surface area contributed by atoms with Crippen molar-refractivity contribution in [1.82, 2.24) is 0 Å². The van der Waals surface area contributed by atoms with Gasteiger partial charge in [-0.05, 0) is 19.3 Å². The number of nitriles is 1. The van der Waals surface area contributed by atoms with E-state index in [1.165, 1.54) is 0 Å². The monoisotopic (exact) mass is 173 g/mol. The highest BCUT2D eigenvalue weighted by atomic mass is 32.2. The van der Waals surface area contributed by atoms with Crippen molar-refractivity contribution in [2.24, 2.45) is 0 Å². The summed E-state index contributed by atoms with van der Waals surface area (Å²) in [6, 6.07) is 1.92. The molecule has 0 unspecified atom stereocenters. The molecule has 0 N–H and O–H groups in total. The van der Waals surface area contributed by atoms with Crippen molar-refractivity contribution in [3.8, 4) is 6.07 Å². The number of hydrogen-bond donors (Lipinski definition) is 0. The standard InChI is InChI=1S/C7H11NO2S/c1-2-11(9,10)7(6-8)4-3-5-7/h2-5H2,1H3. The van der Waals surface area contributed by atoms with Crippen LogP contribution in [-0.4, -0.2) is 18.9 Å². The van der Waals surface area contributed by atoms with Crippen LogP contribution in [0.15, 0.2) is 0 Å². The molecule has 0 aromatic rings. The highest BCUT2D eigenvalue weighted by molar-refractivity contribution is 7.93. The van der Waals surface area contributed by atoms with Crippen LogP contribution in [0, 0.1) is 11.3 Å². The maximum absolute atomic E-state index is 11.3. The summed E-state index contributed by atoms with van der Waals surface area (Å²) in [6.45, 7) is 1.59. The Kier molecular flexibility index (Phi) is 1.93. The summed E-state index contributed by atoms with van der Waals surface area (Å²) in [5.74, 6) is 0.0839. The molecular formula is C7H11NO2S. The van der Waals surface area contributed by atoms with Gasteiger partial charge in [0.15, 0.2) is 14.6 Å². The second-order valence-electron chi connectivity index (χ2n) is 2.86. The largest absolute Gasteiger partial charge is 0.227 e. The fourth-order valence-electron chi connectivity index (χ4n) is 1.27. The van der Waals surface area contributed by atoms with Gasteiger partial charge in [-0.3, -0.25) is 0 Å². The van der Waals surface area contributed by atoms with Gasteiger partial charge in [0.05, 0.1) is 6.07 Å². The van der Waals surface area contributed by atoms with Crippen LogP contribution < -0.4 is 0 Å². The van der Waals surface area contributed by atoms with E-state index in [0.29, 0.717) is 12.8 Å². The Labute approximate surface area is 66.9 Å². The van der Waals surface area contributed by atoms with Crippen molar-refractivity contribution in [2.45, 2.75) is 30.9 Å². The van der Waals surface area contributed by atoms with Crippen molar-refractivity contribution >= 4 is 9.84 Å². The molecule has 1 aliphatic rings. The van der Waals surface area contributed by atoms with Crippen LogP contribution >= 0.6 is 0 Å². The zero-order valence-corrected chi connectivity index (χ0v) is 7.32. The maximum atomic E-state index is 11.3. The summed E-state index contributed by atoms with van der Waals surface area (Å²) in [5, 5.41) is 8.67. The molecule has 0 aliphatic heterocycles. The zero-order chi connectivity index (χ0) is 8.54. The lowest BCUT2D eigenvalue weighted by atomic mass is 9.86. The van der Waals surface area contributed by atoms with Gasteiger partial charge in [-0.1, -0.05) is 6.92 Å². The van der Waals surface area contributed by atoms with Gasteiger partial charge in [0.25, 0.3) is 0 Å². The van der Waals surface area contributed by atoms with Gasteiger partial charge in [0.2, 0.25) is 0 Å². The Morgan fingerprint density at radius 1 is 1.55 bits per heavy atom. The summed E-state index contributed by atoms with van der Waals surface area (Å²) in [7, 11) is -3.13. The number of sulfone groups is 1. The molecular weight excluding hydrogens is 162 g/mol. The molecule has 0 radical (unpaired) electrons. The average molecular weight is 173 g/mol. The van der Waals surface area contributed by atoms with Gasteiger partial charge in [-0.15, -0.1) is 0 Å². The maximum Gasteiger partial charge on any atom is 0.169 e. The second kappa shape index (κ2) is 2.49. The lowest BCUT2D eigenvalue weighted by Gasteiger charge is -2.33. The Bertz CT molecular complexity index is 282. The molecule has 0 spiro atoms. The summed E-state index contributed by atoms with van der Waals surface area (Å²) in [5.41, 5.74) is 0. The van der Waals surface area contributed by atoms with Crippen LogP contribution in [0.1, 0.15) is 26.2 Å². The molecule has 1 rings (SSSR count). The molecule has 0 atom stereocenters. The van der Waals surface area contributed by atoms with Crippen LogP contribution in [-0.2, 0) is 9.84 Å². The van der Waals surface area contributed by atoms with Gasteiger partial charge in [-0.25, -0.2) is 8.42 Å². The molecule has 0 aromatic heterocycles. The lowest BCUT2D eigenvalue weighted by Crippen LogP contribution is -2.44. The van der Waals surface area contributed by atoms with Crippen LogP contribution in [0.25, 0.3) is 0 Å². The molecule has 4 heteroatoms. The van der Waals surface area contributed by atoms with Crippen LogP contribution in [0.2, 0.25) is 0 Å². The summed E-state index contributed by atoms with van der Waals surface area (Å²) < 4.78 is 21.6. The topological polar surface area (TPSA) is 57.9 Å². The van der Waals surface area contributed by atoms with E-state index in [2.05, 4.69) is 0 Å². The van der Waals surface area contributed by atoms with Crippen molar-refractivity contribution in [3.63, 3.8) is 0 Å². The first-order valence-electron chi connectivity index (χ1n) is 3.71. The van der Waals surface area contributed by atoms with E-state index in [-0.39, 0.29) is 5.75 Å². The van der Waals surface area contributed by atoms with E-state index < -0.39 is 14.6 Å². The van der Waals surface area contributed by atoms with Crippen molar-refractivity contribution in [2.75, 3.05) is 5.75 Å². The van der Waals surface area contributed by atoms with Crippen molar-refractivity contribution in [3.05, 3.63) is 0 Å². The predicted octanol–water partition coefficient (Wildman–Crippen LogP) is 0.867. The van der Waals surface area contributed by atoms with Gasteiger partial charge in [0, 0.05) is 5.75 Å². The number of hydrogen-bond acceptors (Lipinski definition) is 3. The summed E-state index contributed by atoms with van der Waals surface area (Å²) >= 11 is 0. The summed E-state index contributed by atoms with van der Waals surface area (Å²) in [4.78, 5) is 0. The van der Waals surface area contributed by atoms with E-state index in [1.54, 1.807) is 6.92 Å². The quantitative estimate of drug-likeness (QED) is 0.622. The average Bonchev–Trinajstić information content (AvgIpc) is 1.86. The number of nitrogens with zero attached hydrogens (tertiary/aromatic N) is 1. The first-order valence-corrected chi connectivity index (χ1v) is 5.37. The third kappa shape index (κ3) is 1.04. The fraction of sp³-hybridized carbons (Fsp3) is 0.857. The molecule has 1 fully saturated rings. The normalized spacial score (nSPS) is 21.8. The predicted molar refractivity (Wildman–Crippen MR) is 41.7 cm³/mol. The molecule has 0 heterocycles. The van der Waals surface area contributed by atoms with E-state index in [0.717, 1.165) is 6.42 Å². The molecule has 0 amide bonds. The third-order valence-electron chi connectivity index (χ3n) is 2.34. The Morgan fingerprint density at radius 3 is 2.18 bits per heavy atom. The van der Waals surface area contributed by atoms with Crippen LogP contribution in [0.5, 0.6) is 0 Å². The highest BCUT2D eigenvalue weighted by Gasteiger charge is 2.48. The van der Waals surface area contributed by atoms with Crippen LogP contribution in [0.4, 0.5) is 0 Å². The molecule has 1 saturated carbocycles. The lowest BCUT2D eigenvalue weighted by molar-refractivity contribution is 0.407. The minimum Gasteiger partial charge on any atom is -0.227 e. The SMILES string of the molecule is CCS(=O)(=O)C1(C#N)CCC1. The Hall–Kier alpha value is -0.560. The molecule has 0 aromatic carbocycles. The van der Waals surface area contributed by atoms with E-state index >= 15 is 0 Å². The molecule has 11 heavy (non-hydrogen) atoms. The minimum absolute atomic E-state index is 0.0839. The molecule has 62 valence electrons. The first-order chi connectivity index (χ1) is 5.08.